The standard InChI is InChI=1S/C5H15NO7P2/c1-4-5(7,14(8,9)13-6)15(10,11-2)12-3/h7H,4,6H2,1-3H3,(H,8,9). The molecule has 0 spiro atoms. The van der Waals surface area contributed by atoms with Crippen molar-refractivity contribution in [1.82, 2.24) is 0 Å². The average Bonchev–Trinajstić information content (AvgIpc) is 2.26. The van der Waals surface area contributed by atoms with Crippen molar-refractivity contribution in [3.63, 3.8) is 0 Å². The van der Waals surface area contributed by atoms with Crippen LogP contribution in [0.3, 0.4) is 0 Å². The minimum Gasteiger partial charge on any atom is -0.367 e. The van der Waals surface area contributed by atoms with Gasteiger partial charge in [-0.15, -0.1) is 0 Å². The molecule has 0 aliphatic carbocycles. The molecule has 0 saturated carbocycles. The summed E-state index contributed by atoms with van der Waals surface area (Å²) in [6, 6.07) is 0. The van der Waals surface area contributed by atoms with Gasteiger partial charge in [0.2, 0.25) is 0 Å². The van der Waals surface area contributed by atoms with Gasteiger partial charge in [0.05, 0.1) is 0 Å². The number of rotatable bonds is 6. The molecule has 0 bridgehead atoms. The van der Waals surface area contributed by atoms with Crippen molar-refractivity contribution in [2.75, 3.05) is 14.2 Å². The summed E-state index contributed by atoms with van der Waals surface area (Å²) in [5.41, 5.74) is 0. The van der Waals surface area contributed by atoms with Crippen LogP contribution in [0, 0.1) is 0 Å². The van der Waals surface area contributed by atoms with Gasteiger partial charge in [0.1, 0.15) is 0 Å². The van der Waals surface area contributed by atoms with Gasteiger partial charge in [-0.1, -0.05) is 6.92 Å². The molecule has 15 heavy (non-hydrogen) atoms. The van der Waals surface area contributed by atoms with Crippen LogP contribution in [0.4, 0.5) is 0 Å². The van der Waals surface area contributed by atoms with E-state index in [1.807, 2.05) is 0 Å². The van der Waals surface area contributed by atoms with Crippen LogP contribution in [-0.4, -0.2) is 29.3 Å². The van der Waals surface area contributed by atoms with E-state index in [0.717, 1.165) is 14.2 Å². The molecule has 2 atom stereocenters. The van der Waals surface area contributed by atoms with Gasteiger partial charge in [-0.05, 0) is 6.42 Å². The van der Waals surface area contributed by atoms with E-state index in [1.54, 1.807) is 0 Å². The molecule has 0 rings (SSSR count). The molecule has 92 valence electrons. The van der Waals surface area contributed by atoms with Crippen molar-refractivity contribution in [3.8, 4) is 0 Å². The molecule has 0 fully saturated rings. The summed E-state index contributed by atoms with van der Waals surface area (Å²) in [6.07, 6.45) is -0.392. The van der Waals surface area contributed by atoms with Crippen LogP contribution in [-0.2, 0) is 22.8 Å². The minimum absolute atomic E-state index is 0.392. The van der Waals surface area contributed by atoms with Crippen LogP contribution in [0.1, 0.15) is 13.3 Å². The van der Waals surface area contributed by atoms with E-state index in [-0.39, 0.29) is 0 Å². The first-order chi connectivity index (χ1) is 6.74. The predicted octanol–water partition coefficient (Wildman–Crippen LogP) is 0.604. The van der Waals surface area contributed by atoms with E-state index in [1.165, 1.54) is 6.92 Å². The SMILES string of the molecule is CCC(O)(P(=O)(O)ON)P(=O)(OC)OC. The summed E-state index contributed by atoms with van der Waals surface area (Å²) >= 11 is 0. The molecule has 8 nitrogen and oxygen atoms in total. The molecule has 2 unspecified atom stereocenters. The van der Waals surface area contributed by atoms with Crippen molar-refractivity contribution in [2.24, 2.45) is 5.90 Å². The number of aliphatic hydroxyl groups is 1. The van der Waals surface area contributed by atoms with Crippen molar-refractivity contribution < 1.29 is 32.8 Å². The molecule has 0 heterocycles. The predicted molar refractivity (Wildman–Crippen MR) is 52.0 cm³/mol. The molecule has 0 aromatic heterocycles. The molecule has 0 amide bonds. The Balaban J connectivity index is 5.56. The Hall–Kier alpha value is 0.220. The first kappa shape index (κ1) is 15.2. The summed E-state index contributed by atoms with van der Waals surface area (Å²) in [4.78, 5) is 9.27. The second-order valence-corrected chi connectivity index (χ2v) is 7.43. The highest BCUT2D eigenvalue weighted by Crippen LogP contribution is 2.74. The third-order valence-electron chi connectivity index (χ3n) is 1.99. The summed E-state index contributed by atoms with van der Waals surface area (Å²) in [6.45, 7) is 1.31. The van der Waals surface area contributed by atoms with Crippen LogP contribution in [0.25, 0.3) is 0 Å². The lowest BCUT2D eigenvalue weighted by Gasteiger charge is -2.33. The van der Waals surface area contributed by atoms with Crippen molar-refractivity contribution in [1.29, 1.82) is 0 Å². The summed E-state index contributed by atoms with van der Waals surface area (Å²) < 4.78 is 35.9. The summed E-state index contributed by atoms with van der Waals surface area (Å²) in [5, 5.41) is 7.15. The first-order valence-corrected chi connectivity index (χ1v) is 7.02. The Labute approximate surface area is 87.3 Å². The Morgan fingerprint density at radius 3 is 1.93 bits per heavy atom. The van der Waals surface area contributed by atoms with E-state index in [4.69, 9.17) is 0 Å². The minimum atomic E-state index is -4.73. The van der Waals surface area contributed by atoms with Crippen LogP contribution < -0.4 is 5.90 Å². The van der Waals surface area contributed by atoms with Gasteiger partial charge in [-0.3, -0.25) is 9.13 Å². The molecule has 0 radical (unpaired) electrons. The maximum atomic E-state index is 11.8. The molecule has 0 aromatic rings. The van der Waals surface area contributed by atoms with Gasteiger partial charge in [-0.25, -0.2) is 10.5 Å². The Morgan fingerprint density at radius 2 is 1.73 bits per heavy atom. The lowest BCUT2D eigenvalue weighted by molar-refractivity contribution is 0.101. The fraction of sp³-hybridized carbons (Fsp3) is 1.00. The molecule has 0 saturated heterocycles. The van der Waals surface area contributed by atoms with E-state index in [0.29, 0.717) is 0 Å². The normalized spacial score (nSPS) is 20.7. The zero-order chi connectivity index (χ0) is 12.3. The second-order valence-electron chi connectivity index (χ2n) is 2.62. The lowest BCUT2D eigenvalue weighted by atomic mass is 10.5. The topological polar surface area (TPSA) is 128 Å². The fourth-order valence-electron chi connectivity index (χ4n) is 1.000. The van der Waals surface area contributed by atoms with Crippen molar-refractivity contribution in [2.45, 2.75) is 18.4 Å². The highest BCUT2D eigenvalue weighted by Gasteiger charge is 2.61. The molecular weight excluding hydrogens is 248 g/mol. The fourth-order valence-corrected chi connectivity index (χ4v) is 4.56. The molecule has 10 heteroatoms. The van der Waals surface area contributed by atoms with E-state index >= 15 is 0 Å². The molecule has 0 aliphatic heterocycles. The number of hydrogen-bond acceptors (Lipinski definition) is 7. The second kappa shape index (κ2) is 5.03. The molecular formula is C5H15NO7P2. The van der Waals surface area contributed by atoms with Gasteiger partial charge in [-0.2, -0.15) is 0 Å². The number of hydrogen-bond donors (Lipinski definition) is 3. The smallest absolute Gasteiger partial charge is 0.367 e. The summed E-state index contributed by atoms with van der Waals surface area (Å²) in [5.74, 6) is 4.57. The van der Waals surface area contributed by atoms with Crippen molar-refractivity contribution >= 4 is 15.2 Å². The van der Waals surface area contributed by atoms with Gasteiger partial charge < -0.3 is 19.0 Å². The van der Waals surface area contributed by atoms with Crippen LogP contribution in [0.15, 0.2) is 0 Å². The highest BCUT2D eigenvalue weighted by atomic mass is 31.2. The van der Waals surface area contributed by atoms with Gasteiger partial charge in [0.25, 0.3) is 5.08 Å². The van der Waals surface area contributed by atoms with E-state index in [9.17, 15) is 19.1 Å². The van der Waals surface area contributed by atoms with E-state index in [2.05, 4.69) is 19.6 Å². The van der Waals surface area contributed by atoms with Gasteiger partial charge in [0.15, 0.2) is 0 Å². The maximum absolute atomic E-state index is 11.8. The van der Waals surface area contributed by atoms with Gasteiger partial charge in [0, 0.05) is 14.2 Å². The number of nitrogens with two attached hydrogens (primary N) is 1. The monoisotopic (exact) mass is 263 g/mol. The van der Waals surface area contributed by atoms with Crippen LogP contribution in [0.5, 0.6) is 0 Å². The zero-order valence-electron chi connectivity index (χ0n) is 8.61. The summed E-state index contributed by atoms with van der Waals surface area (Å²) in [7, 11) is -6.99. The van der Waals surface area contributed by atoms with Crippen LogP contribution in [0.2, 0.25) is 0 Å². The zero-order valence-corrected chi connectivity index (χ0v) is 10.4. The first-order valence-electron chi connectivity index (χ1n) is 3.90. The maximum Gasteiger partial charge on any atom is 0.388 e. The van der Waals surface area contributed by atoms with Crippen molar-refractivity contribution in [3.05, 3.63) is 0 Å². The average molecular weight is 263 g/mol. The highest BCUT2D eigenvalue weighted by molar-refractivity contribution is 7.73. The quantitative estimate of drug-likeness (QED) is 0.469. The molecule has 0 aromatic carbocycles. The Kier molecular flexibility index (Phi) is 5.11. The molecule has 4 N–H and O–H groups in total. The Morgan fingerprint density at radius 1 is 1.33 bits per heavy atom. The van der Waals surface area contributed by atoms with Crippen LogP contribution >= 0.6 is 15.2 Å². The third kappa shape index (κ3) is 2.33. The molecule has 0 aliphatic rings. The Bertz CT molecular complexity index is 300. The lowest BCUT2D eigenvalue weighted by Crippen LogP contribution is -2.31. The van der Waals surface area contributed by atoms with Gasteiger partial charge >= 0.3 is 15.2 Å². The largest absolute Gasteiger partial charge is 0.388 e. The third-order valence-corrected chi connectivity index (χ3v) is 7.14. The van der Waals surface area contributed by atoms with E-state index < -0.39 is 26.7 Å².